The predicted molar refractivity (Wildman–Crippen MR) is 56.9 cm³/mol. The van der Waals surface area contributed by atoms with E-state index < -0.39 is 17.0 Å². The van der Waals surface area contributed by atoms with E-state index in [1.165, 1.54) is 12.1 Å². The third-order valence-electron chi connectivity index (χ3n) is 1.58. The van der Waals surface area contributed by atoms with Crippen molar-refractivity contribution in [2.45, 2.75) is 6.36 Å². The van der Waals surface area contributed by atoms with Crippen LogP contribution in [0.2, 0.25) is 0 Å². The molecule has 0 atom stereocenters. The van der Waals surface area contributed by atoms with Crippen LogP contribution >= 0.6 is 15.9 Å². The molecule has 0 aliphatic heterocycles. The molecule has 0 N–H and O–H groups in total. The third-order valence-corrected chi connectivity index (χ3v) is 2.07. The molecule has 8 heteroatoms. The number of benzene rings is 1. The molecule has 4 nitrogen and oxygen atoms in total. The summed E-state index contributed by atoms with van der Waals surface area (Å²) in [6.45, 7) is 0. The molecule has 0 saturated heterocycles. The number of ether oxygens (including phenoxy) is 1. The van der Waals surface area contributed by atoms with E-state index >= 15 is 0 Å². The number of hydrogen-bond donors (Lipinski definition) is 0. The van der Waals surface area contributed by atoms with Gasteiger partial charge in [0.15, 0.2) is 0 Å². The molecule has 0 amide bonds. The number of alkyl halides is 3. The first-order chi connectivity index (χ1) is 7.78. The van der Waals surface area contributed by atoms with Gasteiger partial charge in [-0.15, -0.1) is 13.2 Å². The molecule has 0 aromatic heterocycles. The molecule has 0 fully saturated rings. The van der Waals surface area contributed by atoms with E-state index in [0.29, 0.717) is 10.7 Å². The number of nitrogens with zero attached hydrogens (tertiary/aromatic N) is 1. The van der Waals surface area contributed by atoms with Crippen molar-refractivity contribution in [1.29, 1.82) is 0 Å². The molecular weight excluding hydrogens is 307 g/mol. The summed E-state index contributed by atoms with van der Waals surface area (Å²) >= 11 is 2.98. The van der Waals surface area contributed by atoms with Gasteiger partial charge >= 0.3 is 6.36 Å². The van der Waals surface area contributed by atoms with Gasteiger partial charge in [0.1, 0.15) is 5.75 Å². The minimum absolute atomic E-state index is 0.0396. The second kappa shape index (κ2) is 5.17. The Bertz CT molecular complexity index is 459. The van der Waals surface area contributed by atoms with Gasteiger partial charge in [0.2, 0.25) is 6.20 Å². The third kappa shape index (κ3) is 4.85. The minimum Gasteiger partial charge on any atom is -0.405 e. The van der Waals surface area contributed by atoms with E-state index in [1.807, 2.05) is 0 Å². The lowest BCUT2D eigenvalue weighted by Gasteiger charge is -2.11. The lowest BCUT2D eigenvalue weighted by molar-refractivity contribution is -0.401. The summed E-state index contributed by atoms with van der Waals surface area (Å²) < 4.78 is 40.3. The maximum absolute atomic E-state index is 12.1. The first-order valence-electron chi connectivity index (χ1n) is 4.15. The van der Waals surface area contributed by atoms with Gasteiger partial charge in [0.05, 0.1) is 4.92 Å². The van der Waals surface area contributed by atoms with Crippen molar-refractivity contribution in [3.63, 3.8) is 0 Å². The Hall–Kier alpha value is -1.57. The van der Waals surface area contributed by atoms with E-state index in [0.717, 1.165) is 12.1 Å². The highest BCUT2D eigenvalue weighted by Crippen LogP contribution is 2.30. The maximum atomic E-state index is 12.1. The quantitative estimate of drug-likeness (QED) is 0.633. The summed E-state index contributed by atoms with van der Waals surface area (Å²) in [6.07, 6.45) is -3.39. The Morgan fingerprint density at radius 1 is 1.41 bits per heavy atom. The minimum atomic E-state index is -4.85. The molecule has 0 aliphatic carbocycles. The van der Waals surface area contributed by atoms with Crippen LogP contribution in [-0.2, 0) is 0 Å². The lowest BCUT2D eigenvalue weighted by atomic mass is 10.2. The fourth-order valence-electron chi connectivity index (χ4n) is 1.00. The fourth-order valence-corrected chi connectivity index (χ4v) is 1.34. The summed E-state index contributed by atoms with van der Waals surface area (Å²) in [5.74, 6) is -0.509. The Morgan fingerprint density at radius 3 is 2.59 bits per heavy atom. The van der Waals surface area contributed by atoms with Crippen molar-refractivity contribution in [2.24, 2.45) is 0 Å². The molecule has 0 unspecified atom stereocenters. The molecule has 0 spiro atoms. The number of hydrogen-bond acceptors (Lipinski definition) is 3. The van der Waals surface area contributed by atoms with Crippen molar-refractivity contribution in [2.75, 3.05) is 0 Å². The zero-order valence-corrected chi connectivity index (χ0v) is 9.66. The van der Waals surface area contributed by atoms with Gasteiger partial charge in [-0.05, 0) is 18.2 Å². The van der Waals surface area contributed by atoms with Crippen LogP contribution in [0, 0.1) is 10.1 Å². The molecule has 0 heterocycles. The summed E-state index contributed by atoms with van der Waals surface area (Å²) in [6, 6.07) is 3.79. The van der Waals surface area contributed by atoms with Crippen LogP contribution in [-0.4, -0.2) is 11.3 Å². The second-order valence-corrected chi connectivity index (χ2v) is 3.75. The number of nitro groups is 1. The monoisotopic (exact) mass is 311 g/mol. The zero-order valence-electron chi connectivity index (χ0n) is 8.07. The Labute approximate surface area is 102 Å². The molecule has 92 valence electrons. The van der Waals surface area contributed by atoms with Gasteiger partial charge in [-0.2, -0.15) is 0 Å². The molecule has 1 aromatic rings. The van der Waals surface area contributed by atoms with Gasteiger partial charge in [-0.1, -0.05) is 15.9 Å². The zero-order chi connectivity index (χ0) is 13.1. The molecule has 0 aliphatic rings. The van der Waals surface area contributed by atoms with Crippen molar-refractivity contribution >= 4 is 22.0 Å². The summed E-state index contributed by atoms with van der Waals surface area (Å²) in [4.78, 5) is 9.30. The normalized spacial score (nSPS) is 11.8. The van der Waals surface area contributed by atoms with Crippen LogP contribution in [0.5, 0.6) is 5.75 Å². The SMILES string of the molecule is O=[N+]([O-])C=Cc1ccc(Br)cc1OC(F)(F)F. The Kier molecular flexibility index (Phi) is 4.11. The maximum Gasteiger partial charge on any atom is 0.573 e. The van der Waals surface area contributed by atoms with E-state index in [4.69, 9.17) is 0 Å². The molecule has 1 rings (SSSR count). The summed E-state index contributed by atoms with van der Waals surface area (Å²) in [5, 5.41) is 10.1. The van der Waals surface area contributed by atoms with E-state index in [9.17, 15) is 23.3 Å². The smallest absolute Gasteiger partial charge is 0.405 e. The summed E-state index contributed by atoms with van der Waals surface area (Å²) in [5.41, 5.74) is -0.0396. The molecule has 0 bridgehead atoms. The van der Waals surface area contributed by atoms with Crippen LogP contribution < -0.4 is 4.74 Å². The molecular formula is C9H5BrF3NO3. The van der Waals surface area contributed by atoms with Gasteiger partial charge in [-0.25, -0.2) is 0 Å². The van der Waals surface area contributed by atoms with Crippen LogP contribution in [0.15, 0.2) is 28.9 Å². The van der Waals surface area contributed by atoms with Crippen molar-refractivity contribution < 1.29 is 22.8 Å². The van der Waals surface area contributed by atoms with E-state index in [1.54, 1.807) is 0 Å². The van der Waals surface area contributed by atoms with Gasteiger partial charge in [0, 0.05) is 16.1 Å². The molecule has 0 saturated carbocycles. The van der Waals surface area contributed by atoms with Crippen LogP contribution in [0.25, 0.3) is 6.08 Å². The summed E-state index contributed by atoms with van der Waals surface area (Å²) in [7, 11) is 0. The van der Waals surface area contributed by atoms with Crippen LogP contribution in [0.4, 0.5) is 13.2 Å². The fraction of sp³-hybridized carbons (Fsp3) is 0.111. The van der Waals surface area contributed by atoms with Gasteiger partial charge in [-0.3, -0.25) is 10.1 Å². The number of halogens is 4. The molecule has 1 aromatic carbocycles. The van der Waals surface area contributed by atoms with Gasteiger partial charge in [0.25, 0.3) is 0 Å². The second-order valence-electron chi connectivity index (χ2n) is 2.83. The average Bonchev–Trinajstić information content (AvgIpc) is 2.13. The van der Waals surface area contributed by atoms with Crippen molar-refractivity contribution in [3.05, 3.63) is 44.5 Å². The van der Waals surface area contributed by atoms with Crippen molar-refractivity contribution in [3.8, 4) is 5.75 Å². The standard InChI is InChI=1S/C9H5BrF3NO3/c10-7-2-1-6(3-4-14(15)16)8(5-7)17-9(11,12)13/h1-5H. The Morgan fingerprint density at radius 2 is 2.06 bits per heavy atom. The van der Waals surface area contributed by atoms with Crippen LogP contribution in [0.3, 0.4) is 0 Å². The molecule has 0 radical (unpaired) electrons. The van der Waals surface area contributed by atoms with E-state index in [2.05, 4.69) is 20.7 Å². The highest BCUT2D eigenvalue weighted by molar-refractivity contribution is 9.10. The molecule has 17 heavy (non-hydrogen) atoms. The van der Waals surface area contributed by atoms with E-state index in [-0.39, 0.29) is 5.56 Å². The van der Waals surface area contributed by atoms with Gasteiger partial charge < -0.3 is 4.74 Å². The average molecular weight is 312 g/mol. The highest BCUT2D eigenvalue weighted by atomic mass is 79.9. The largest absolute Gasteiger partial charge is 0.573 e. The predicted octanol–water partition coefficient (Wildman–Crippen LogP) is 3.60. The van der Waals surface area contributed by atoms with Crippen molar-refractivity contribution in [1.82, 2.24) is 0 Å². The topological polar surface area (TPSA) is 52.4 Å². The first-order valence-corrected chi connectivity index (χ1v) is 4.94. The first kappa shape index (κ1) is 13.5. The lowest BCUT2D eigenvalue weighted by Crippen LogP contribution is -2.17. The number of rotatable bonds is 3. The van der Waals surface area contributed by atoms with Crippen LogP contribution in [0.1, 0.15) is 5.56 Å². The highest BCUT2D eigenvalue weighted by Gasteiger charge is 2.32. The Balaban J connectivity index is 3.08.